The lowest BCUT2D eigenvalue weighted by Gasteiger charge is -2.31. The first-order chi connectivity index (χ1) is 11.8. The second-order valence-electron chi connectivity index (χ2n) is 6.97. The molecule has 0 bridgehead atoms. The minimum atomic E-state index is -3.61. The summed E-state index contributed by atoms with van der Waals surface area (Å²) in [5, 5.41) is 2.91. The molecule has 0 aromatic heterocycles. The lowest BCUT2D eigenvalue weighted by atomic mass is 9.98. The molecule has 1 saturated heterocycles. The fourth-order valence-electron chi connectivity index (χ4n) is 2.98. The van der Waals surface area contributed by atoms with Gasteiger partial charge in [0.25, 0.3) is 0 Å². The zero-order valence-electron chi connectivity index (χ0n) is 15.4. The van der Waals surface area contributed by atoms with E-state index in [0.29, 0.717) is 31.2 Å². The molecule has 7 heteroatoms. The lowest BCUT2D eigenvalue weighted by molar-refractivity contribution is -0.126. The van der Waals surface area contributed by atoms with Crippen molar-refractivity contribution in [2.75, 3.05) is 26.7 Å². The minimum absolute atomic E-state index is 0.0560. The van der Waals surface area contributed by atoms with Gasteiger partial charge in [-0.05, 0) is 49.4 Å². The van der Waals surface area contributed by atoms with E-state index in [0.717, 1.165) is 12.0 Å². The molecule has 1 N–H and O–H groups in total. The van der Waals surface area contributed by atoms with Gasteiger partial charge < -0.3 is 10.1 Å². The van der Waals surface area contributed by atoms with Gasteiger partial charge in [0.2, 0.25) is 15.9 Å². The molecule has 140 valence electrons. The molecule has 1 heterocycles. The molecule has 0 aliphatic carbocycles. The highest BCUT2D eigenvalue weighted by Crippen LogP contribution is 2.27. The summed E-state index contributed by atoms with van der Waals surface area (Å²) < 4.78 is 32.5. The van der Waals surface area contributed by atoms with Gasteiger partial charge in [0.1, 0.15) is 5.75 Å². The van der Waals surface area contributed by atoms with E-state index >= 15 is 0 Å². The van der Waals surface area contributed by atoms with E-state index in [-0.39, 0.29) is 23.3 Å². The van der Waals surface area contributed by atoms with Crippen LogP contribution in [0.25, 0.3) is 0 Å². The van der Waals surface area contributed by atoms with Gasteiger partial charge in [-0.1, -0.05) is 13.8 Å². The van der Waals surface area contributed by atoms with Gasteiger partial charge in [0.05, 0.1) is 17.9 Å². The quantitative estimate of drug-likeness (QED) is 0.835. The number of aryl methyl sites for hydroxylation is 1. The Kier molecular flexibility index (Phi) is 6.46. The Hall–Kier alpha value is -1.60. The van der Waals surface area contributed by atoms with Crippen molar-refractivity contribution in [2.24, 2.45) is 11.8 Å². The second-order valence-corrected chi connectivity index (χ2v) is 8.91. The Morgan fingerprint density at radius 1 is 1.40 bits per heavy atom. The predicted octanol–water partition coefficient (Wildman–Crippen LogP) is 2.18. The van der Waals surface area contributed by atoms with E-state index < -0.39 is 10.0 Å². The molecule has 0 spiro atoms. The van der Waals surface area contributed by atoms with Gasteiger partial charge in [-0.2, -0.15) is 4.31 Å². The van der Waals surface area contributed by atoms with Crippen LogP contribution >= 0.6 is 0 Å². The molecule has 2 rings (SSSR count). The van der Waals surface area contributed by atoms with Crippen LogP contribution in [0.15, 0.2) is 23.1 Å². The molecule has 1 fully saturated rings. The number of amides is 1. The number of nitrogens with one attached hydrogen (secondary N) is 1. The minimum Gasteiger partial charge on any atom is -0.496 e. The van der Waals surface area contributed by atoms with Gasteiger partial charge >= 0.3 is 0 Å². The fourth-order valence-corrected chi connectivity index (χ4v) is 4.59. The van der Waals surface area contributed by atoms with Crippen LogP contribution in [-0.2, 0) is 14.8 Å². The monoisotopic (exact) mass is 368 g/mol. The third kappa shape index (κ3) is 4.73. The Morgan fingerprint density at radius 3 is 2.72 bits per heavy atom. The number of sulfonamides is 1. The summed E-state index contributed by atoms with van der Waals surface area (Å²) in [7, 11) is -2.05. The summed E-state index contributed by atoms with van der Waals surface area (Å²) in [5.74, 6) is 0.680. The molecule has 1 aromatic rings. The summed E-state index contributed by atoms with van der Waals surface area (Å²) in [5.41, 5.74) is 0.770. The smallest absolute Gasteiger partial charge is 0.243 e. The first kappa shape index (κ1) is 19.7. The van der Waals surface area contributed by atoms with Crippen LogP contribution in [0.5, 0.6) is 5.75 Å². The van der Waals surface area contributed by atoms with Crippen molar-refractivity contribution in [2.45, 2.75) is 38.5 Å². The maximum absolute atomic E-state index is 12.9. The molecule has 1 aromatic carbocycles. The Bertz CT molecular complexity index is 716. The van der Waals surface area contributed by atoms with E-state index in [9.17, 15) is 13.2 Å². The zero-order valence-corrected chi connectivity index (χ0v) is 16.2. The first-order valence-corrected chi connectivity index (χ1v) is 10.1. The number of rotatable bonds is 6. The number of piperidine rings is 1. The SMILES string of the molecule is COc1ccc(S(=O)(=O)N2CCC[C@H](C(=O)NCC(C)C)C2)cc1C. The van der Waals surface area contributed by atoms with Gasteiger partial charge in [-0.25, -0.2) is 8.42 Å². The maximum atomic E-state index is 12.9. The molecule has 1 atom stereocenters. The molecular formula is C18H28N2O4S. The van der Waals surface area contributed by atoms with Crippen LogP contribution in [0, 0.1) is 18.8 Å². The number of nitrogens with zero attached hydrogens (tertiary/aromatic N) is 1. The molecule has 0 unspecified atom stereocenters. The number of methoxy groups -OCH3 is 1. The number of ether oxygens (including phenoxy) is 1. The normalized spacial score (nSPS) is 19.0. The number of hydrogen-bond donors (Lipinski definition) is 1. The Balaban J connectivity index is 2.13. The second kappa shape index (κ2) is 8.19. The summed E-state index contributed by atoms with van der Waals surface area (Å²) in [6, 6.07) is 4.85. The van der Waals surface area contributed by atoms with Crippen LogP contribution in [0.1, 0.15) is 32.3 Å². The van der Waals surface area contributed by atoms with Crippen molar-refractivity contribution in [3.8, 4) is 5.75 Å². The third-order valence-corrected chi connectivity index (χ3v) is 6.30. The highest BCUT2D eigenvalue weighted by molar-refractivity contribution is 7.89. The van der Waals surface area contributed by atoms with Crippen LogP contribution in [0.4, 0.5) is 0 Å². The largest absolute Gasteiger partial charge is 0.496 e. The van der Waals surface area contributed by atoms with Crippen molar-refractivity contribution in [1.82, 2.24) is 9.62 Å². The average Bonchev–Trinajstić information content (AvgIpc) is 2.59. The van der Waals surface area contributed by atoms with E-state index in [2.05, 4.69) is 5.32 Å². The molecule has 25 heavy (non-hydrogen) atoms. The topological polar surface area (TPSA) is 75.7 Å². The van der Waals surface area contributed by atoms with Crippen molar-refractivity contribution in [3.05, 3.63) is 23.8 Å². The Morgan fingerprint density at radius 2 is 2.12 bits per heavy atom. The van der Waals surface area contributed by atoms with Gasteiger partial charge in [-0.15, -0.1) is 0 Å². The Labute approximate surface area is 150 Å². The van der Waals surface area contributed by atoms with Crippen molar-refractivity contribution >= 4 is 15.9 Å². The lowest BCUT2D eigenvalue weighted by Crippen LogP contribution is -2.45. The molecule has 1 amide bonds. The van der Waals surface area contributed by atoms with Crippen molar-refractivity contribution in [3.63, 3.8) is 0 Å². The molecular weight excluding hydrogens is 340 g/mol. The molecule has 0 radical (unpaired) electrons. The van der Waals surface area contributed by atoms with E-state index in [1.54, 1.807) is 25.3 Å². The molecule has 0 saturated carbocycles. The maximum Gasteiger partial charge on any atom is 0.243 e. The molecule has 1 aliphatic rings. The van der Waals surface area contributed by atoms with Crippen LogP contribution in [0.3, 0.4) is 0 Å². The summed E-state index contributed by atoms with van der Waals surface area (Å²) in [6.07, 6.45) is 1.41. The molecule has 1 aliphatic heterocycles. The first-order valence-electron chi connectivity index (χ1n) is 8.68. The van der Waals surface area contributed by atoms with Gasteiger partial charge in [-0.3, -0.25) is 4.79 Å². The number of carbonyl (C=O) groups is 1. The zero-order chi connectivity index (χ0) is 18.6. The van der Waals surface area contributed by atoms with Gasteiger partial charge in [0, 0.05) is 19.6 Å². The highest BCUT2D eigenvalue weighted by Gasteiger charge is 2.33. The van der Waals surface area contributed by atoms with Crippen LogP contribution in [0.2, 0.25) is 0 Å². The number of benzene rings is 1. The fraction of sp³-hybridized carbons (Fsp3) is 0.611. The summed E-state index contributed by atoms with van der Waals surface area (Å²) in [4.78, 5) is 12.5. The average molecular weight is 368 g/mol. The van der Waals surface area contributed by atoms with E-state index in [1.807, 2.05) is 20.8 Å². The number of carbonyl (C=O) groups excluding carboxylic acids is 1. The van der Waals surface area contributed by atoms with E-state index in [4.69, 9.17) is 4.74 Å². The van der Waals surface area contributed by atoms with Crippen molar-refractivity contribution in [1.29, 1.82) is 0 Å². The van der Waals surface area contributed by atoms with Gasteiger partial charge in [0.15, 0.2) is 0 Å². The van der Waals surface area contributed by atoms with E-state index in [1.165, 1.54) is 4.31 Å². The third-order valence-electron chi connectivity index (χ3n) is 4.44. The van der Waals surface area contributed by atoms with Crippen LogP contribution < -0.4 is 10.1 Å². The summed E-state index contributed by atoms with van der Waals surface area (Å²) in [6.45, 7) is 7.17. The van der Waals surface area contributed by atoms with Crippen LogP contribution in [-0.4, -0.2) is 45.4 Å². The summed E-state index contributed by atoms with van der Waals surface area (Å²) >= 11 is 0. The highest BCUT2D eigenvalue weighted by atomic mass is 32.2. The molecule has 6 nitrogen and oxygen atoms in total. The standard InChI is InChI=1S/C18H28N2O4S/c1-13(2)11-19-18(21)15-6-5-9-20(12-15)25(22,23)16-7-8-17(24-4)14(3)10-16/h7-8,10,13,15H,5-6,9,11-12H2,1-4H3,(H,19,21)/t15-/m0/s1. The van der Waals surface area contributed by atoms with Crippen molar-refractivity contribution < 1.29 is 17.9 Å². The number of hydrogen-bond acceptors (Lipinski definition) is 4. The predicted molar refractivity (Wildman–Crippen MR) is 97.1 cm³/mol.